The number of fused-ring (bicyclic) bond motifs is 3. The van der Waals surface area contributed by atoms with Gasteiger partial charge in [-0.2, -0.15) is 0 Å². The van der Waals surface area contributed by atoms with Crippen molar-refractivity contribution in [1.29, 1.82) is 0 Å². The molecule has 1 nitrogen and oxygen atoms in total. The Balaban J connectivity index is 1.26. The van der Waals surface area contributed by atoms with Crippen molar-refractivity contribution >= 4 is 27.3 Å². The van der Waals surface area contributed by atoms with Gasteiger partial charge in [0.15, 0.2) is 0 Å². The van der Waals surface area contributed by atoms with E-state index in [1.807, 2.05) is 0 Å². The molecule has 1 heterocycles. The molecule has 0 bridgehead atoms. The second kappa shape index (κ2) is 11.3. The predicted molar refractivity (Wildman–Crippen MR) is 189 cm³/mol. The van der Waals surface area contributed by atoms with Gasteiger partial charge in [-0.1, -0.05) is 149 Å². The Kier molecular flexibility index (Phi) is 6.85. The summed E-state index contributed by atoms with van der Waals surface area (Å²) >= 11 is 3.71. The first kappa shape index (κ1) is 26.7. The van der Waals surface area contributed by atoms with Gasteiger partial charge in [-0.15, -0.1) is 0 Å². The molecular formula is C42H30BrN. The van der Waals surface area contributed by atoms with Crippen LogP contribution in [0.2, 0.25) is 0 Å². The van der Waals surface area contributed by atoms with Crippen molar-refractivity contribution in [2.75, 3.05) is 4.90 Å². The highest BCUT2D eigenvalue weighted by Crippen LogP contribution is 2.53. The molecule has 1 atom stereocenters. The number of benzene rings is 6. The topological polar surface area (TPSA) is 3.24 Å². The second-order valence-electron chi connectivity index (χ2n) is 11.4. The van der Waals surface area contributed by atoms with Crippen molar-refractivity contribution in [3.8, 4) is 44.5 Å². The minimum Gasteiger partial charge on any atom is -0.313 e. The van der Waals surface area contributed by atoms with Gasteiger partial charge in [-0.05, 0) is 81.3 Å². The van der Waals surface area contributed by atoms with Crippen LogP contribution in [0.25, 0.3) is 44.5 Å². The van der Waals surface area contributed by atoms with Gasteiger partial charge in [-0.25, -0.2) is 0 Å². The summed E-state index contributed by atoms with van der Waals surface area (Å²) in [5, 5.41) is 0. The van der Waals surface area contributed by atoms with Crippen LogP contribution in [0.15, 0.2) is 174 Å². The van der Waals surface area contributed by atoms with E-state index in [0.717, 1.165) is 10.9 Å². The molecule has 6 aromatic rings. The quantitative estimate of drug-likeness (QED) is 0.184. The third kappa shape index (κ3) is 4.72. The van der Waals surface area contributed by atoms with Crippen LogP contribution < -0.4 is 4.90 Å². The first-order valence-corrected chi connectivity index (χ1v) is 15.9. The van der Waals surface area contributed by atoms with Gasteiger partial charge in [0.05, 0.1) is 11.4 Å². The van der Waals surface area contributed by atoms with E-state index in [1.165, 1.54) is 67.1 Å². The first-order valence-electron chi connectivity index (χ1n) is 15.2. The van der Waals surface area contributed by atoms with Gasteiger partial charge in [-0.3, -0.25) is 0 Å². The lowest BCUT2D eigenvalue weighted by Crippen LogP contribution is -2.15. The maximum Gasteiger partial charge on any atom is 0.0537 e. The fourth-order valence-electron chi connectivity index (χ4n) is 6.68. The van der Waals surface area contributed by atoms with Crippen molar-refractivity contribution in [2.24, 2.45) is 0 Å². The van der Waals surface area contributed by atoms with Gasteiger partial charge < -0.3 is 4.90 Å². The zero-order valence-electron chi connectivity index (χ0n) is 24.2. The molecule has 2 aliphatic rings. The Bertz CT molecular complexity index is 2040. The lowest BCUT2D eigenvalue weighted by molar-refractivity contribution is 0.820. The van der Waals surface area contributed by atoms with Gasteiger partial charge in [0, 0.05) is 21.7 Å². The fourth-order valence-corrected chi connectivity index (χ4v) is 7.20. The van der Waals surface area contributed by atoms with Gasteiger partial charge in [0.1, 0.15) is 0 Å². The van der Waals surface area contributed by atoms with Crippen LogP contribution >= 0.6 is 15.9 Å². The standard InChI is InChI=1S/C42H30BrN/c43-39-17-9-7-15-35(39)32-21-19-30(20-22-32)34-23-25-37-36-16-8-10-18-40(36)44(42(37)28-34)41-26-24-33(29-11-3-1-4-12-29)27-38(41)31-13-5-2-6-14-31/h1-15,17-28,36H,16H2. The molecule has 0 aromatic heterocycles. The lowest BCUT2D eigenvalue weighted by Gasteiger charge is -2.27. The molecule has 210 valence electrons. The Morgan fingerprint density at radius 3 is 1.86 bits per heavy atom. The lowest BCUT2D eigenvalue weighted by atomic mass is 9.91. The number of hydrogen-bond donors (Lipinski definition) is 0. The monoisotopic (exact) mass is 627 g/mol. The van der Waals surface area contributed by atoms with Crippen molar-refractivity contribution in [3.63, 3.8) is 0 Å². The van der Waals surface area contributed by atoms with E-state index in [2.05, 4.69) is 185 Å². The molecular weight excluding hydrogens is 598 g/mol. The Hall–Kier alpha value is -4.92. The highest BCUT2D eigenvalue weighted by molar-refractivity contribution is 9.10. The third-order valence-electron chi connectivity index (χ3n) is 8.87. The molecule has 44 heavy (non-hydrogen) atoms. The molecule has 0 saturated heterocycles. The zero-order valence-corrected chi connectivity index (χ0v) is 25.8. The molecule has 0 spiro atoms. The minimum absolute atomic E-state index is 0.347. The summed E-state index contributed by atoms with van der Waals surface area (Å²) in [6, 6.07) is 52.8. The van der Waals surface area contributed by atoms with E-state index in [0.29, 0.717) is 5.92 Å². The summed E-state index contributed by atoms with van der Waals surface area (Å²) in [6.07, 6.45) is 7.83. The molecule has 0 fully saturated rings. The maximum atomic E-state index is 3.71. The molecule has 1 aliphatic heterocycles. The van der Waals surface area contributed by atoms with E-state index in [4.69, 9.17) is 0 Å². The molecule has 0 N–H and O–H groups in total. The van der Waals surface area contributed by atoms with Crippen LogP contribution in [0.5, 0.6) is 0 Å². The largest absolute Gasteiger partial charge is 0.313 e. The summed E-state index contributed by atoms with van der Waals surface area (Å²) in [7, 11) is 0. The number of rotatable bonds is 5. The number of hydrogen-bond acceptors (Lipinski definition) is 1. The molecule has 0 saturated carbocycles. The van der Waals surface area contributed by atoms with E-state index in [9.17, 15) is 0 Å². The molecule has 0 radical (unpaired) electrons. The van der Waals surface area contributed by atoms with E-state index < -0.39 is 0 Å². The van der Waals surface area contributed by atoms with Gasteiger partial charge >= 0.3 is 0 Å². The highest BCUT2D eigenvalue weighted by Gasteiger charge is 2.36. The van der Waals surface area contributed by atoms with Crippen molar-refractivity contribution in [1.82, 2.24) is 0 Å². The second-order valence-corrected chi connectivity index (χ2v) is 12.3. The fraction of sp³-hybridized carbons (Fsp3) is 0.0476. The van der Waals surface area contributed by atoms with Crippen LogP contribution in [0.1, 0.15) is 17.9 Å². The van der Waals surface area contributed by atoms with E-state index >= 15 is 0 Å². The number of allylic oxidation sites excluding steroid dienone is 4. The Morgan fingerprint density at radius 2 is 1.09 bits per heavy atom. The Morgan fingerprint density at radius 1 is 0.500 bits per heavy atom. The third-order valence-corrected chi connectivity index (χ3v) is 9.56. The van der Waals surface area contributed by atoms with E-state index in [-0.39, 0.29) is 0 Å². The van der Waals surface area contributed by atoms with Gasteiger partial charge in [0.2, 0.25) is 0 Å². The van der Waals surface area contributed by atoms with E-state index in [1.54, 1.807) is 0 Å². The maximum absolute atomic E-state index is 3.71. The number of nitrogens with zero attached hydrogens (tertiary/aromatic N) is 1. The molecule has 0 amide bonds. The Labute approximate surface area is 267 Å². The van der Waals surface area contributed by atoms with Crippen LogP contribution in [0, 0.1) is 0 Å². The SMILES string of the molecule is Brc1ccccc1-c1ccc(-c2ccc3c(c2)N(c2ccc(-c4ccccc4)cc2-c2ccccc2)C2=CC=CCC23)cc1. The predicted octanol–water partition coefficient (Wildman–Crippen LogP) is 12.2. The summed E-state index contributed by atoms with van der Waals surface area (Å²) in [4.78, 5) is 2.51. The van der Waals surface area contributed by atoms with Gasteiger partial charge in [0.25, 0.3) is 0 Å². The average Bonchev–Trinajstić information content (AvgIpc) is 3.42. The summed E-state index contributed by atoms with van der Waals surface area (Å²) < 4.78 is 1.11. The molecule has 1 unspecified atom stereocenters. The smallest absolute Gasteiger partial charge is 0.0537 e. The zero-order chi connectivity index (χ0) is 29.5. The highest BCUT2D eigenvalue weighted by atomic mass is 79.9. The van der Waals surface area contributed by atoms with Crippen LogP contribution in [0.4, 0.5) is 11.4 Å². The number of halogens is 1. The molecule has 8 rings (SSSR count). The normalized spacial score (nSPS) is 15.1. The van der Waals surface area contributed by atoms with Crippen LogP contribution in [-0.2, 0) is 0 Å². The number of anilines is 2. The van der Waals surface area contributed by atoms with Crippen molar-refractivity contribution in [2.45, 2.75) is 12.3 Å². The first-order chi connectivity index (χ1) is 21.7. The summed E-state index contributed by atoms with van der Waals surface area (Å²) in [5.41, 5.74) is 15.0. The molecule has 2 heteroatoms. The minimum atomic E-state index is 0.347. The summed E-state index contributed by atoms with van der Waals surface area (Å²) in [6.45, 7) is 0. The van der Waals surface area contributed by atoms with Crippen molar-refractivity contribution < 1.29 is 0 Å². The molecule has 6 aromatic carbocycles. The average molecular weight is 629 g/mol. The van der Waals surface area contributed by atoms with Crippen LogP contribution in [-0.4, -0.2) is 0 Å². The molecule has 1 aliphatic carbocycles. The summed E-state index contributed by atoms with van der Waals surface area (Å²) in [5.74, 6) is 0.347. The van der Waals surface area contributed by atoms with Crippen LogP contribution in [0.3, 0.4) is 0 Å². The van der Waals surface area contributed by atoms with Crippen molar-refractivity contribution in [3.05, 3.63) is 180 Å².